The van der Waals surface area contributed by atoms with E-state index in [1.807, 2.05) is 0 Å². The molecular formula is C19H21N3O4. The van der Waals surface area contributed by atoms with Gasteiger partial charge in [0.2, 0.25) is 0 Å². The Kier molecular flexibility index (Phi) is 6.06. The standard InChI is InChI=1S/C19H21N3O4/c1-19(2,18(25)26)8-10-21-16(23)13-5-3-7-15(11-13)22-17(24)14-6-4-9-20-12-14/h3-7,9,11-12H,8,10H2,1-2H3,(H,21,23)(H,22,24)(H,25,26). The second-order valence-corrected chi connectivity index (χ2v) is 6.47. The lowest BCUT2D eigenvalue weighted by molar-refractivity contribution is -0.147. The predicted octanol–water partition coefficient (Wildman–Crippen LogP) is 2.56. The minimum Gasteiger partial charge on any atom is -0.481 e. The molecule has 0 saturated carbocycles. The number of nitrogens with zero attached hydrogens (tertiary/aromatic N) is 1. The van der Waals surface area contributed by atoms with E-state index in [2.05, 4.69) is 15.6 Å². The maximum Gasteiger partial charge on any atom is 0.309 e. The molecule has 1 aromatic carbocycles. The molecule has 7 heteroatoms. The van der Waals surface area contributed by atoms with Gasteiger partial charge in [0, 0.05) is 30.2 Å². The van der Waals surface area contributed by atoms with Gasteiger partial charge in [-0.1, -0.05) is 6.07 Å². The van der Waals surface area contributed by atoms with E-state index in [4.69, 9.17) is 5.11 Å². The highest BCUT2D eigenvalue weighted by Crippen LogP contribution is 2.19. The zero-order valence-electron chi connectivity index (χ0n) is 14.7. The minimum absolute atomic E-state index is 0.240. The Morgan fingerprint density at radius 2 is 1.81 bits per heavy atom. The van der Waals surface area contributed by atoms with Crippen molar-refractivity contribution in [2.24, 2.45) is 5.41 Å². The first-order chi connectivity index (χ1) is 12.3. The molecule has 0 unspecified atom stereocenters. The number of nitrogens with one attached hydrogen (secondary N) is 2. The highest BCUT2D eigenvalue weighted by atomic mass is 16.4. The number of carboxylic acids is 1. The Balaban J connectivity index is 1.96. The average Bonchev–Trinajstić information content (AvgIpc) is 2.62. The Bertz CT molecular complexity index is 803. The molecule has 0 aliphatic heterocycles. The number of carboxylic acid groups (broad SMARTS) is 1. The summed E-state index contributed by atoms with van der Waals surface area (Å²) in [5.74, 6) is -1.56. The van der Waals surface area contributed by atoms with E-state index in [-0.39, 0.29) is 18.4 Å². The molecule has 0 radical (unpaired) electrons. The molecule has 136 valence electrons. The molecule has 0 atom stereocenters. The van der Waals surface area contributed by atoms with Gasteiger partial charge < -0.3 is 15.7 Å². The van der Waals surface area contributed by atoms with Gasteiger partial charge in [-0.3, -0.25) is 19.4 Å². The van der Waals surface area contributed by atoms with Crippen molar-refractivity contribution < 1.29 is 19.5 Å². The quantitative estimate of drug-likeness (QED) is 0.707. The first-order valence-corrected chi connectivity index (χ1v) is 8.12. The number of anilines is 1. The van der Waals surface area contributed by atoms with E-state index < -0.39 is 11.4 Å². The summed E-state index contributed by atoms with van der Waals surface area (Å²) < 4.78 is 0. The normalized spacial score (nSPS) is 10.8. The van der Waals surface area contributed by atoms with E-state index in [1.54, 1.807) is 56.4 Å². The molecule has 0 spiro atoms. The van der Waals surface area contributed by atoms with Crippen LogP contribution in [0.25, 0.3) is 0 Å². The van der Waals surface area contributed by atoms with Gasteiger partial charge in [-0.15, -0.1) is 0 Å². The number of carbonyl (C=O) groups is 3. The van der Waals surface area contributed by atoms with Gasteiger partial charge in [0.1, 0.15) is 0 Å². The molecule has 0 saturated heterocycles. The van der Waals surface area contributed by atoms with E-state index in [1.165, 1.54) is 6.20 Å². The number of amides is 2. The molecule has 2 amide bonds. The van der Waals surface area contributed by atoms with Crippen LogP contribution in [0.5, 0.6) is 0 Å². The lowest BCUT2D eigenvalue weighted by Gasteiger charge is -2.18. The van der Waals surface area contributed by atoms with Crippen molar-refractivity contribution >= 4 is 23.5 Å². The van der Waals surface area contributed by atoms with Crippen LogP contribution < -0.4 is 10.6 Å². The molecule has 0 fully saturated rings. The summed E-state index contributed by atoms with van der Waals surface area (Å²) in [6, 6.07) is 9.83. The van der Waals surface area contributed by atoms with E-state index >= 15 is 0 Å². The lowest BCUT2D eigenvalue weighted by Crippen LogP contribution is -2.32. The molecule has 26 heavy (non-hydrogen) atoms. The lowest BCUT2D eigenvalue weighted by atomic mass is 9.90. The van der Waals surface area contributed by atoms with Crippen LogP contribution >= 0.6 is 0 Å². The number of benzene rings is 1. The van der Waals surface area contributed by atoms with Gasteiger partial charge in [0.15, 0.2) is 0 Å². The van der Waals surface area contributed by atoms with Crippen LogP contribution in [0.15, 0.2) is 48.8 Å². The van der Waals surface area contributed by atoms with Gasteiger partial charge in [0.25, 0.3) is 11.8 Å². The Hall–Kier alpha value is -3.22. The fraction of sp³-hybridized carbons (Fsp3) is 0.263. The van der Waals surface area contributed by atoms with Crippen molar-refractivity contribution in [2.45, 2.75) is 20.3 Å². The minimum atomic E-state index is -0.910. The van der Waals surface area contributed by atoms with Crippen LogP contribution in [-0.2, 0) is 4.79 Å². The second kappa shape index (κ2) is 8.24. The molecule has 3 N–H and O–H groups in total. The summed E-state index contributed by atoms with van der Waals surface area (Å²) in [5, 5.41) is 14.5. The number of aliphatic carboxylic acids is 1. The summed E-state index contributed by atoms with van der Waals surface area (Å²) in [5.41, 5.74) is 0.366. The zero-order chi connectivity index (χ0) is 19.2. The van der Waals surface area contributed by atoms with E-state index in [0.717, 1.165) is 0 Å². The fourth-order valence-electron chi connectivity index (χ4n) is 2.14. The molecule has 0 bridgehead atoms. The average molecular weight is 355 g/mol. The third-order valence-corrected chi connectivity index (χ3v) is 3.92. The number of carbonyl (C=O) groups excluding carboxylic acids is 2. The molecule has 0 aliphatic carbocycles. The molecule has 1 heterocycles. The van der Waals surface area contributed by atoms with E-state index in [0.29, 0.717) is 23.2 Å². The molecule has 1 aromatic heterocycles. The summed E-state index contributed by atoms with van der Waals surface area (Å²) in [7, 11) is 0. The highest BCUT2D eigenvalue weighted by Gasteiger charge is 2.26. The number of hydrogen-bond donors (Lipinski definition) is 3. The first-order valence-electron chi connectivity index (χ1n) is 8.12. The maximum atomic E-state index is 12.2. The first kappa shape index (κ1) is 19.1. The smallest absolute Gasteiger partial charge is 0.309 e. The molecular weight excluding hydrogens is 334 g/mol. The van der Waals surface area contributed by atoms with Gasteiger partial charge in [-0.05, 0) is 50.6 Å². The van der Waals surface area contributed by atoms with Crippen LogP contribution in [0.2, 0.25) is 0 Å². The summed E-state index contributed by atoms with van der Waals surface area (Å²) in [6.45, 7) is 3.45. The van der Waals surface area contributed by atoms with Crippen molar-refractivity contribution in [2.75, 3.05) is 11.9 Å². The second-order valence-electron chi connectivity index (χ2n) is 6.47. The number of hydrogen-bond acceptors (Lipinski definition) is 4. The zero-order valence-corrected chi connectivity index (χ0v) is 14.7. The monoisotopic (exact) mass is 355 g/mol. The maximum absolute atomic E-state index is 12.2. The van der Waals surface area contributed by atoms with Crippen LogP contribution in [0.4, 0.5) is 5.69 Å². The highest BCUT2D eigenvalue weighted by molar-refractivity contribution is 6.04. The van der Waals surface area contributed by atoms with Crippen LogP contribution in [-0.4, -0.2) is 34.4 Å². The van der Waals surface area contributed by atoms with Crippen molar-refractivity contribution in [3.8, 4) is 0 Å². The predicted molar refractivity (Wildman–Crippen MR) is 97.0 cm³/mol. The fourth-order valence-corrected chi connectivity index (χ4v) is 2.14. The van der Waals surface area contributed by atoms with Crippen molar-refractivity contribution in [1.82, 2.24) is 10.3 Å². The molecule has 0 aliphatic rings. The van der Waals surface area contributed by atoms with Crippen LogP contribution in [0, 0.1) is 5.41 Å². The Morgan fingerprint density at radius 3 is 2.46 bits per heavy atom. The van der Waals surface area contributed by atoms with Crippen molar-refractivity contribution in [3.63, 3.8) is 0 Å². The number of aromatic nitrogens is 1. The summed E-state index contributed by atoms with van der Waals surface area (Å²) in [6.07, 6.45) is 3.34. The molecule has 2 aromatic rings. The van der Waals surface area contributed by atoms with Gasteiger partial charge in [-0.2, -0.15) is 0 Å². The third-order valence-electron chi connectivity index (χ3n) is 3.92. The van der Waals surface area contributed by atoms with Crippen LogP contribution in [0.1, 0.15) is 41.0 Å². The Labute approximate surface area is 151 Å². The SMILES string of the molecule is CC(C)(CCNC(=O)c1cccc(NC(=O)c2cccnc2)c1)C(=O)O. The number of rotatable bonds is 7. The molecule has 7 nitrogen and oxygen atoms in total. The Morgan fingerprint density at radius 1 is 1.08 bits per heavy atom. The summed E-state index contributed by atoms with van der Waals surface area (Å²) in [4.78, 5) is 39.3. The van der Waals surface area contributed by atoms with Crippen molar-refractivity contribution in [1.29, 1.82) is 0 Å². The summed E-state index contributed by atoms with van der Waals surface area (Å²) >= 11 is 0. The van der Waals surface area contributed by atoms with Gasteiger partial charge >= 0.3 is 5.97 Å². The van der Waals surface area contributed by atoms with Crippen molar-refractivity contribution in [3.05, 3.63) is 59.9 Å². The van der Waals surface area contributed by atoms with E-state index in [9.17, 15) is 14.4 Å². The molecule has 2 rings (SSSR count). The van der Waals surface area contributed by atoms with Crippen LogP contribution in [0.3, 0.4) is 0 Å². The largest absolute Gasteiger partial charge is 0.481 e. The van der Waals surface area contributed by atoms with Gasteiger partial charge in [0.05, 0.1) is 11.0 Å². The topological polar surface area (TPSA) is 108 Å². The number of pyridine rings is 1. The van der Waals surface area contributed by atoms with Gasteiger partial charge in [-0.25, -0.2) is 0 Å². The third kappa shape index (κ3) is 5.14.